The number of hydrogen-bond acceptors (Lipinski definition) is 6. The molecule has 5 unspecified atom stereocenters. The predicted octanol–water partition coefficient (Wildman–Crippen LogP) is -0.518. The van der Waals surface area contributed by atoms with E-state index in [1.807, 2.05) is 19.9 Å². The van der Waals surface area contributed by atoms with Crippen LogP contribution in [0.1, 0.15) is 11.1 Å². The van der Waals surface area contributed by atoms with E-state index in [2.05, 4.69) is 0 Å². The zero-order valence-corrected chi connectivity index (χ0v) is 11.4. The normalized spacial score (nSPS) is 34.0. The van der Waals surface area contributed by atoms with Gasteiger partial charge in [0.05, 0.1) is 6.61 Å². The maximum Gasteiger partial charge on any atom is 0.229 e. The van der Waals surface area contributed by atoms with Crippen LogP contribution in [0.4, 0.5) is 0 Å². The fraction of sp³-hybridized carbons (Fsp3) is 0.571. The van der Waals surface area contributed by atoms with Crippen LogP contribution in [0.3, 0.4) is 0 Å². The Bertz CT molecular complexity index is 441. The first-order valence-electron chi connectivity index (χ1n) is 6.48. The van der Waals surface area contributed by atoms with Crippen molar-refractivity contribution in [2.24, 2.45) is 0 Å². The summed E-state index contributed by atoms with van der Waals surface area (Å²) in [6.45, 7) is 3.35. The Hall–Kier alpha value is -1.18. The van der Waals surface area contributed by atoms with Crippen molar-refractivity contribution in [2.75, 3.05) is 6.61 Å². The van der Waals surface area contributed by atoms with Crippen LogP contribution >= 0.6 is 0 Å². The van der Waals surface area contributed by atoms with Crippen molar-refractivity contribution in [1.29, 1.82) is 0 Å². The van der Waals surface area contributed by atoms with Gasteiger partial charge >= 0.3 is 0 Å². The molecule has 0 radical (unpaired) electrons. The number of aliphatic hydroxyl groups excluding tert-OH is 4. The van der Waals surface area contributed by atoms with E-state index in [1.54, 1.807) is 12.1 Å². The lowest BCUT2D eigenvalue weighted by molar-refractivity contribution is -0.277. The molecule has 1 aliphatic rings. The summed E-state index contributed by atoms with van der Waals surface area (Å²) >= 11 is 0. The fourth-order valence-electron chi connectivity index (χ4n) is 2.30. The summed E-state index contributed by atoms with van der Waals surface area (Å²) in [7, 11) is 0. The predicted molar refractivity (Wildman–Crippen MR) is 70.3 cm³/mol. The molecular formula is C14H20O6. The third-order valence-electron chi connectivity index (χ3n) is 3.30. The zero-order chi connectivity index (χ0) is 14.9. The molecule has 0 amide bonds. The van der Waals surface area contributed by atoms with E-state index >= 15 is 0 Å². The Balaban J connectivity index is 2.15. The highest BCUT2D eigenvalue weighted by Gasteiger charge is 2.44. The van der Waals surface area contributed by atoms with E-state index in [0.29, 0.717) is 5.75 Å². The van der Waals surface area contributed by atoms with Gasteiger partial charge in [0.15, 0.2) is 0 Å². The minimum atomic E-state index is -1.43. The molecular weight excluding hydrogens is 264 g/mol. The molecule has 0 bridgehead atoms. The third-order valence-corrected chi connectivity index (χ3v) is 3.30. The monoisotopic (exact) mass is 284 g/mol. The molecule has 6 heteroatoms. The average molecular weight is 284 g/mol. The molecule has 1 aliphatic heterocycles. The second-order valence-electron chi connectivity index (χ2n) is 5.14. The minimum absolute atomic E-state index is 0.475. The van der Waals surface area contributed by atoms with Crippen LogP contribution in [0.5, 0.6) is 5.75 Å². The molecule has 1 saturated heterocycles. The lowest BCUT2D eigenvalue weighted by Crippen LogP contribution is -2.60. The maximum absolute atomic E-state index is 9.88. The van der Waals surface area contributed by atoms with Crippen molar-refractivity contribution in [2.45, 2.75) is 44.6 Å². The van der Waals surface area contributed by atoms with E-state index in [4.69, 9.17) is 14.6 Å². The van der Waals surface area contributed by atoms with Crippen LogP contribution in [0, 0.1) is 13.8 Å². The van der Waals surface area contributed by atoms with Crippen molar-refractivity contribution in [3.05, 3.63) is 29.3 Å². The first-order valence-corrected chi connectivity index (χ1v) is 6.48. The van der Waals surface area contributed by atoms with Gasteiger partial charge in [-0.05, 0) is 37.1 Å². The number of rotatable bonds is 3. The van der Waals surface area contributed by atoms with Gasteiger partial charge < -0.3 is 29.9 Å². The maximum atomic E-state index is 9.88. The number of hydrogen-bond donors (Lipinski definition) is 4. The van der Waals surface area contributed by atoms with Gasteiger partial charge in [0.2, 0.25) is 6.29 Å². The van der Waals surface area contributed by atoms with E-state index in [1.165, 1.54) is 0 Å². The Morgan fingerprint density at radius 1 is 1.00 bits per heavy atom. The van der Waals surface area contributed by atoms with E-state index < -0.39 is 37.3 Å². The number of ether oxygens (including phenoxy) is 2. The molecule has 0 spiro atoms. The smallest absolute Gasteiger partial charge is 0.229 e. The topological polar surface area (TPSA) is 99.4 Å². The van der Waals surface area contributed by atoms with Gasteiger partial charge in [-0.25, -0.2) is 0 Å². The SMILES string of the molecule is Cc1cc(C)cc(OC2OC(CO)C(O)C(O)C2O)c1. The molecule has 2 rings (SSSR count). The Morgan fingerprint density at radius 3 is 2.15 bits per heavy atom. The largest absolute Gasteiger partial charge is 0.462 e. The van der Waals surface area contributed by atoms with Gasteiger partial charge in [0.25, 0.3) is 0 Å². The molecule has 6 nitrogen and oxygen atoms in total. The first-order chi connectivity index (χ1) is 9.42. The van der Waals surface area contributed by atoms with Gasteiger partial charge in [-0.3, -0.25) is 0 Å². The molecule has 0 saturated carbocycles. The molecule has 1 heterocycles. The molecule has 5 atom stereocenters. The minimum Gasteiger partial charge on any atom is -0.462 e. The summed E-state index contributed by atoms with van der Waals surface area (Å²) < 4.78 is 10.8. The molecule has 1 aromatic rings. The molecule has 112 valence electrons. The van der Waals surface area contributed by atoms with E-state index in [9.17, 15) is 15.3 Å². The Kier molecular flexibility index (Phi) is 4.62. The van der Waals surface area contributed by atoms with Gasteiger partial charge in [0, 0.05) is 0 Å². The zero-order valence-electron chi connectivity index (χ0n) is 11.4. The van der Waals surface area contributed by atoms with Crippen molar-refractivity contribution >= 4 is 0 Å². The van der Waals surface area contributed by atoms with Crippen LogP contribution in [-0.4, -0.2) is 57.7 Å². The van der Waals surface area contributed by atoms with Crippen LogP contribution in [0.25, 0.3) is 0 Å². The molecule has 1 fully saturated rings. The summed E-state index contributed by atoms with van der Waals surface area (Å²) in [5.74, 6) is 0.492. The summed E-state index contributed by atoms with van der Waals surface area (Å²) in [4.78, 5) is 0. The van der Waals surface area contributed by atoms with Crippen molar-refractivity contribution in [1.82, 2.24) is 0 Å². The van der Waals surface area contributed by atoms with Gasteiger partial charge in [-0.1, -0.05) is 6.07 Å². The third kappa shape index (κ3) is 3.11. The second kappa shape index (κ2) is 6.07. The highest BCUT2D eigenvalue weighted by molar-refractivity contribution is 5.33. The van der Waals surface area contributed by atoms with Crippen molar-refractivity contribution in [3.8, 4) is 5.75 Å². The second-order valence-corrected chi connectivity index (χ2v) is 5.14. The standard InChI is InChI=1S/C14H20O6/c1-7-3-8(2)5-9(4-7)19-14-13(18)12(17)11(16)10(6-15)20-14/h3-5,10-18H,6H2,1-2H3. The van der Waals surface area contributed by atoms with Gasteiger partial charge in [-0.2, -0.15) is 0 Å². The summed E-state index contributed by atoms with van der Waals surface area (Å²) in [6.07, 6.45) is -6.32. The lowest BCUT2D eigenvalue weighted by Gasteiger charge is -2.39. The van der Waals surface area contributed by atoms with Crippen LogP contribution in [0.15, 0.2) is 18.2 Å². The van der Waals surface area contributed by atoms with Crippen LogP contribution in [0.2, 0.25) is 0 Å². The highest BCUT2D eigenvalue weighted by Crippen LogP contribution is 2.25. The lowest BCUT2D eigenvalue weighted by atomic mass is 9.99. The van der Waals surface area contributed by atoms with E-state index in [0.717, 1.165) is 11.1 Å². The quantitative estimate of drug-likeness (QED) is 0.596. The molecule has 20 heavy (non-hydrogen) atoms. The van der Waals surface area contributed by atoms with Crippen LogP contribution in [-0.2, 0) is 4.74 Å². The summed E-state index contributed by atoms with van der Waals surface area (Å²) in [5, 5.41) is 38.3. The summed E-state index contributed by atoms with van der Waals surface area (Å²) in [5.41, 5.74) is 1.98. The number of aryl methyl sites for hydroxylation is 2. The Morgan fingerprint density at radius 2 is 1.60 bits per heavy atom. The fourth-order valence-corrected chi connectivity index (χ4v) is 2.30. The number of benzene rings is 1. The molecule has 1 aromatic carbocycles. The van der Waals surface area contributed by atoms with Gasteiger partial charge in [-0.15, -0.1) is 0 Å². The molecule has 0 aliphatic carbocycles. The van der Waals surface area contributed by atoms with Crippen LogP contribution < -0.4 is 4.74 Å². The van der Waals surface area contributed by atoms with E-state index in [-0.39, 0.29) is 0 Å². The number of aliphatic hydroxyl groups is 4. The summed E-state index contributed by atoms with van der Waals surface area (Å²) in [6, 6.07) is 5.52. The van der Waals surface area contributed by atoms with Crippen molar-refractivity contribution < 1.29 is 29.9 Å². The van der Waals surface area contributed by atoms with Crippen molar-refractivity contribution in [3.63, 3.8) is 0 Å². The van der Waals surface area contributed by atoms with Gasteiger partial charge in [0.1, 0.15) is 30.2 Å². The Labute approximate surface area is 117 Å². The first kappa shape index (κ1) is 15.2. The molecule has 4 N–H and O–H groups in total. The molecule has 0 aromatic heterocycles. The highest BCUT2D eigenvalue weighted by atomic mass is 16.7. The average Bonchev–Trinajstić information content (AvgIpc) is 2.38.